The number of nitrogens with zero attached hydrogens (tertiary/aromatic N) is 4. The minimum absolute atomic E-state index is 0.723. The van der Waals surface area contributed by atoms with Crippen LogP contribution in [0.25, 0.3) is 11.1 Å². The van der Waals surface area contributed by atoms with E-state index in [1.165, 1.54) is 11.1 Å². The zero-order valence-corrected chi connectivity index (χ0v) is 17.1. The first kappa shape index (κ1) is 19.6. The van der Waals surface area contributed by atoms with E-state index in [0.717, 1.165) is 49.6 Å². The zero-order valence-electron chi connectivity index (χ0n) is 17.1. The van der Waals surface area contributed by atoms with Crippen molar-refractivity contribution in [2.24, 2.45) is 0 Å². The first-order chi connectivity index (χ1) is 14.0. The third-order valence-electron chi connectivity index (χ3n) is 5.75. The molecule has 1 N–H and O–H groups in total. The van der Waals surface area contributed by atoms with Crippen LogP contribution in [-0.2, 0) is 12.1 Å². The third kappa shape index (κ3) is 4.47. The summed E-state index contributed by atoms with van der Waals surface area (Å²) in [6.45, 7) is 2.45. The molecule has 1 aromatic heterocycles. The van der Waals surface area contributed by atoms with Crippen LogP contribution in [0.15, 0.2) is 67.0 Å². The van der Waals surface area contributed by atoms with E-state index >= 15 is 0 Å². The van der Waals surface area contributed by atoms with Gasteiger partial charge in [-0.25, -0.2) is 4.98 Å². The number of likely N-dealkylation sites (tertiary alicyclic amines) is 1. The van der Waals surface area contributed by atoms with Crippen molar-refractivity contribution in [3.05, 3.63) is 78.2 Å². The molecule has 2 heterocycles. The number of piperidine rings is 1. The normalized spacial score (nSPS) is 16.5. The van der Waals surface area contributed by atoms with Crippen molar-refractivity contribution in [1.29, 1.82) is 0 Å². The fraction of sp³-hybridized carbons (Fsp3) is 0.333. The van der Waals surface area contributed by atoms with E-state index in [1.807, 2.05) is 49.6 Å². The number of aromatic nitrogens is 2. The van der Waals surface area contributed by atoms with Crippen molar-refractivity contribution in [1.82, 2.24) is 14.9 Å². The highest BCUT2D eigenvalue weighted by Crippen LogP contribution is 2.34. The number of hydrogen-bond acceptors (Lipinski definition) is 5. The van der Waals surface area contributed by atoms with E-state index in [2.05, 4.69) is 51.3 Å². The third-order valence-corrected chi connectivity index (χ3v) is 5.75. The van der Waals surface area contributed by atoms with E-state index < -0.39 is 5.60 Å². The number of anilines is 1. The van der Waals surface area contributed by atoms with Gasteiger partial charge in [0.25, 0.3) is 0 Å². The number of aliphatic hydroxyl groups is 1. The molecule has 0 bridgehead atoms. The average Bonchev–Trinajstić information content (AvgIpc) is 2.77. The fourth-order valence-corrected chi connectivity index (χ4v) is 3.86. The molecule has 1 fully saturated rings. The van der Waals surface area contributed by atoms with Gasteiger partial charge >= 0.3 is 0 Å². The van der Waals surface area contributed by atoms with Gasteiger partial charge in [0.1, 0.15) is 5.82 Å². The Morgan fingerprint density at radius 1 is 0.897 bits per heavy atom. The first-order valence-electron chi connectivity index (χ1n) is 10.1. The minimum Gasteiger partial charge on any atom is -0.385 e. The van der Waals surface area contributed by atoms with Gasteiger partial charge in [-0.15, -0.1) is 0 Å². The van der Waals surface area contributed by atoms with Crippen molar-refractivity contribution < 1.29 is 5.11 Å². The van der Waals surface area contributed by atoms with Crippen LogP contribution in [-0.4, -0.2) is 47.2 Å². The molecule has 29 heavy (non-hydrogen) atoms. The second-order valence-corrected chi connectivity index (χ2v) is 8.01. The monoisotopic (exact) mass is 388 g/mol. The van der Waals surface area contributed by atoms with Gasteiger partial charge < -0.3 is 10.0 Å². The number of benzene rings is 2. The highest BCUT2D eigenvalue weighted by Gasteiger charge is 2.34. The molecular formula is C24H28N4O. The molecule has 5 nitrogen and oxygen atoms in total. The zero-order chi connectivity index (χ0) is 20.3. The lowest BCUT2D eigenvalue weighted by molar-refractivity contribution is -0.0279. The maximum Gasteiger partial charge on any atom is 0.146 e. The minimum atomic E-state index is -0.758. The van der Waals surface area contributed by atoms with E-state index in [1.54, 1.807) is 0 Å². The highest BCUT2D eigenvalue weighted by atomic mass is 16.3. The summed E-state index contributed by atoms with van der Waals surface area (Å²) < 4.78 is 0. The van der Waals surface area contributed by atoms with Gasteiger partial charge in [0.2, 0.25) is 0 Å². The summed E-state index contributed by atoms with van der Waals surface area (Å²) in [7, 11) is 3.92. The van der Waals surface area contributed by atoms with Crippen LogP contribution < -0.4 is 4.90 Å². The van der Waals surface area contributed by atoms with Gasteiger partial charge in [-0.3, -0.25) is 9.88 Å². The quantitative estimate of drug-likeness (QED) is 0.722. The van der Waals surface area contributed by atoms with Crippen molar-refractivity contribution in [3.8, 4) is 11.1 Å². The second-order valence-electron chi connectivity index (χ2n) is 8.01. The second kappa shape index (κ2) is 8.31. The molecule has 2 aromatic carbocycles. The molecule has 4 rings (SSSR count). The van der Waals surface area contributed by atoms with E-state index in [4.69, 9.17) is 0 Å². The number of hydrogen-bond donors (Lipinski definition) is 1. The lowest BCUT2D eigenvalue weighted by atomic mass is 9.84. The molecule has 3 aromatic rings. The Kier molecular flexibility index (Phi) is 5.60. The van der Waals surface area contributed by atoms with Gasteiger partial charge in [0.05, 0.1) is 23.7 Å². The largest absolute Gasteiger partial charge is 0.385 e. The molecule has 0 radical (unpaired) electrons. The molecule has 0 amide bonds. The molecule has 1 aliphatic heterocycles. The van der Waals surface area contributed by atoms with Gasteiger partial charge in [0.15, 0.2) is 0 Å². The summed E-state index contributed by atoms with van der Waals surface area (Å²) in [5.74, 6) is 0.862. The maximum atomic E-state index is 11.2. The van der Waals surface area contributed by atoms with Crippen LogP contribution in [0.1, 0.15) is 24.1 Å². The smallest absolute Gasteiger partial charge is 0.146 e. The number of rotatable bonds is 5. The summed E-state index contributed by atoms with van der Waals surface area (Å²) in [6.07, 6.45) is 5.10. The van der Waals surface area contributed by atoms with Gasteiger partial charge in [-0.05, 0) is 29.5 Å². The van der Waals surface area contributed by atoms with E-state index in [9.17, 15) is 5.11 Å². The molecule has 150 valence electrons. The fourth-order valence-electron chi connectivity index (χ4n) is 3.86. The van der Waals surface area contributed by atoms with E-state index in [0.29, 0.717) is 0 Å². The molecule has 1 saturated heterocycles. The summed E-state index contributed by atoms with van der Waals surface area (Å²) >= 11 is 0. The SMILES string of the molecule is CN(C)c1cnc(CN2CCC(O)(c3ccc(-c4ccccc4)cc3)CC2)cn1. The first-order valence-corrected chi connectivity index (χ1v) is 10.1. The van der Waals surface area contributed by atoms with Crippen LogP contribution in [0.3, 0.4) is 0 Å². The standard InChI is InChI=1S/C24H28N4O/c1-27(2)23-17-25-22(16-26-23)18-28-14-12-24(29,13-15-28)21-10-8-20(9-11-21)19-6-4-3-5-7-19/h3-11,16-17,29H,12-15,18H2,1-2H3. The Balaban J connectivity index is 1.37. The van der Waals surface area contributed by atoms with Crippen molar-refractivity contribution >= 4 is 5.82 Å². The van der Waals surface area contributed by atoms with E-state index in [-0.39, 0.29) is 0 Å². The average molecular weight is 389 g/mol. The molecule has 0 spiro atoms. The van der Waals surface area contributed by atoms with Crippen LogP contribution >= 0.6 is 0 Å². The molecule has 5 heteroatoms. The Bertz CT molecular complexity index is 915. The Morgan fingerprint density at radius 3 is 2.14 bits per heavy atom. The summed E-state index contributed by atoms with van der Waals surface area (Å²) in [5, 5.41) is 11.2. The molecule has 0 unspecified atom stereocenters. The Labute approximate surface area is 172 Å². The molecule has 1 aliphatic rings. The van der Waals surface area contributed by atoms with Crippen molar-refractivity contribution in [3.63, 3.8) is 0 Å². The predicted octanol–water partition coefficient (Wildman–Crippen LogP) is 3.69. The maximum absolute atomic E-state index is 11.2. The van der Waals surface area contributed by atoms with Gasteiger partial charge in [-0.2, -0.15) is 0 Å². The molecule has 0 saturated carbocycles. The predicted molar refractivity (Wildman–Crippen MR) is 117 cm³/mol. The van der Waals surface area contributed by atoms with Crippen LogP contribution in [0, 0.1) is 0 Å². The Hall–Kier alpha value is -2.76. The van der Waals surface area contributed by atoms with Crippen LogP contribution in [0.5, 0.6) is 0 Å². The van der Waals surface area contributed by atoms with Crippen LogP contribution in [0.4, 0.5) is 5.82 Å². The van der Waals surface area contributed by atoms with Gasteiger partial charge in [-0.1, -0.05) is 54.6 Å². The summed E-state index contributed by atoms with van der Waals surface area (Å²) in [5.41, 5.74) is 3.59. The van der Waals surface area contributed by atoms with Gasteiger partial charge in [0, 0.05) is 33.7 Å². The highest BCUT2D eigenvalue weighted by molar-refractivity contribution is 5.63. The molecule has 0 aliphatic carbocycles. The van der Waals surface area contributed by atoms with Crippen molar-refractivity contribution in [2.45, 2.75) is 25.0 Å². The summed E-state index contributed by atoms with van der Waals surface area (Å²) in [4.78, 5) is 13.2. The molecule has 0 atom stereocenters. The van der Waals surface area contributed by atoms with Crippen molar-refractivity contribution in [2.75, 3.05) is 32.1 Å². The van der Waals surface area contributed by atoms with Crippen LogP contribution in [0.2, 0.25) is 0 Å². The molecular weight excluding hydrogens is 360 g/mol. The topological polar surface area (TPSA) is 52.5 Å². The Morgan fingerprint density at radius 2 is 1.55 bits per heavy atom. The lowest BCUT2D eigenvalue weighted by Crippen LogP contribution is -2.42. The summed E-state index contributed by atoms with van der Waals surface area (Å²) in [6, 6.07) is 18.7. The lowest BCUT2D eigenvalue weighted by Gasteiger charge is -2.38.